The molecule has 2 aromatic carbocycles. The fourth-order valence-electron chi connectivity index (χ4n) is 3.41. The molecule has 1 atom stereocenters. The molecule has 3 rings (SSSR count). The summed E-state index contributed by atoms with van der Waals surface area (Å²) in [6.07, 6.45) is 1.77. The molecule has 4 heteroatoms. The summed E-state index contributed by atoms with van der Waals surface area (Å²) in [5, 5.41) is 0. The van der Waals surface area contributed by atoms with Crippen LogP contribution in [-0.4, -0.2) is 19.3 Å². The van der Waals surface area contributed by atoms with E-state index < -0.39 is 10.0 Å². The van der Waals surface area contributed by atoms with Gasteiger partial charge in [-0.3, -0.25) is 0 Å². The highest BCUT2D eigenvalue weighted by Crippen LogP contribution is 2.37. The molecule has 0 aliphatic carbocycles. The van der Waals surface area contributed by atoms with Gasteiger partial charge in [-0.2, -0.15) is 4.31 Å². The van der Waals surface area contributed by atoms with Crippen molar-refractivity contribution in [1.82, 2.24) is 4.31 Å². The first-order valence-electron chi connectivity index (χ1n) is 8.88. The van der Waals surface area contributed by atoms with E-state index in [1.165, 1.54) is 5.56 Å². The topological polar surface area (TPSA) is 37.4 Å². The Morgan fingerprint density at radius 2 is 1.56 bits per heavy atom. The number of aryl methyl sites for hydroxylation is 1. The van der Waals surface area contributed by atoms with E-state index in [0.717, 1.165) is 24.0 Å². The van der Waals surface area contributed by atoms with Crippen LogP contribution in [0, 0.1) is 6.92 Å². The lowest BCUT2D eigenvalue weighted by Crippen LogP contribution is -2.30. The Kier molecular flexibility index (Phi) is 4.78. The monoisotopic (exact) mass is 357 g/mol. The van der Waals surface area contributed by atoms with Crippen molar-refractivity contribution in [2.75, 3.05) is 6.54 Å². The average Bonchev–Trinajstić information content (AvgIpc) is 3.05. The maximum atomic E-state index is 13.1. The quantitative estimate of drug-likeness (QED) is 0.790. The molecule has 0 spiro atoms. The van der Waals surface area contributed by atoms with Gasteiger partial charge in [0, 0.05) is 6.54 Å². The molecular weight excluding hydrogens is 330 g/mol. The predicted octanol–water partition coefficient (Wildman–Crippen LogP) is 4.82. The molecule has 1 aliphatic rings. The van der Waals surface area contributed by atoms with Crippen LogP contribution < -0.4 is 0 Å². The van der Waals surface area contributed by atoms with Crippen molar-refractivity contribution in [2.45, 2.75) is 56.9 Å². The molecule has 0 amide bonds. The van der Waals surface area contributed by atoms with Crippen LogP contribution in [-0.2, 0) is 15.4 Å². The number of benzene rings is 2. The van der Waals surface area contributed by atoms with Gasteiger partial charge in [-0.05, 0) is 48.4 Å². The predicted molar refractivity (Wildman–Crippen MR) is 102 cm³/mol. The summed E-state index contributed by atoms with van der Waals surface area (Å²) in [5.41, 5.74) is 3.51. The molecule has 0 saturated carbocycles. The summed E-state index contributed by atoms with van der Waals surface area (Å²) in [4.78, 5) is 0.385. The lowest BCUT2D eigenvalue weighted by Gasteiger charge is -2.26. The van der Waals surface area contributed by atoms with Crippen molar-refractivity contribution >= 4 is 10.0 Å². The van der Waals surface area contributed by atoms with Gasteiger partial charge in [0.1, 0.15) is 0 Å². The minimum absolute atomic E-state index is 0.0691. The number of hydrogen-bond donors (Lipinski definition) is 0. The van der Waals surface area contributed by atoms with Gasteiger partial charge >= 0.3 is 0 Å². The van der Waals surface area contributed by atoms with Crippen LogP contribution in [0.15, 0.2) is 53.4 Å². The van der Waals surface area contributed by atoms with E-state index in [9.17, 15) is 8.42 Å². The Hall–Kier alpha value is -1.65. The number of nitrogens with zero attached hydrogens (tertiary/aromatic N) is 1. The zero-order valence-electron chi connectivity index (χ0n) is 15.5. The second kappa shape index (κ2) is 6.58. The van der Waals surface area contributed by atoms with Crippen molar-refractivity contribution < 1.29 is 8.42 Å². The van der Waals surface area contributed by atoms with Gasteiger partial charge in [-0.25, -0.2) is 8.42 Å². The Bertz CT molecular complexity index is 831. The molecule has 1 fully saturated rings. The van der Waals surface area contributed by atoms with E-state index >= 15 is 0 Å². The molecule has 1 unspecified atom stereocenters. The van der Waals surface area contributed by atoms with E-state index in [4.69, 9.17) is 0 Å². The van der Waals surface area contributed by atoms with Gasteiger partial charge < -0.3 is 0 Å². The summed E-state index contributed by atoms with van der Waals surface area (Å²) in [6.45, 7) is 9.11. The van der Waals surface area contributed by atoms with E-state index in [0.29, 0.717) is 11.4 Å². The van der Waals surface area contributed by atoms with Crippen molar-refractivity contribution in [3.63, 3.8) is 0 Å². The van der Waals surface area contributed by atoms with Crippen molar-refractivity contribution in [3.8, 4) is 0 Å². The Morgan fingerprint density at radius 3 is 2.12 bits per heavy atom. The summed E-state index contributed by atoms with van der Waals surface area (Å²) in [5.74, 6) is 0. The molecule has 1 heterocycles. The van der Waals surface area contributed by atoms with Crippen LogP contribution >= 0.6 is 0 Å². The van der Waals surface area contributed by atoms with Crippen LogP contribution in [0.4, 0.5) is 0 Å². The van der Waals surface area contributed by atoms with Crippen molar-refractivity contribution in [3.05, 3.63) is 65.2 Å². The largest absolute Gasteiger partial charge is 0.243 e. The summed E-state index contributed by atoms with van der Waals surface area (Å²) in [7, 11) is -3.46. The highest BCUT2D eigenvalue weighted by Gasteiger charge is 2.36. The first-order chi connectivity index (χ1) is 11.7. The molecule has 0 aromatic heterocycles. The van der Waals surface area contributed by atoms with Crippen LogP contribution in [0.25, 0.3) is 0 Å². The first-order valence-corrected chi connectivity index (χ1v) is 10.3. The summed E-state index contributed by atoms with van der Waals surface area (Å²) in [6, 6.07) is 15.5. The molecule has 25 heavy (non-hydrogen) atoms. The van der Waals surface area contributed by atoms with Gasteiger partial charge in [0.15, 0.2) is 0 Å². The minimum Gasteiger partial charge on any atom is -0.207 e. The third kappa shape index (κ3) is 3.65. The molecule has 134 valence electrons. The Morgan fingerprint density at radius 1 is 0.960 bits per heavy atom. The average molecular weight is 358 g/mol. The van der Waals surface area contributed by atoms with Crippen LogP contribution in [0.2, 0.25) is 0 Å². The third-order valence-electron chi connectivity index (χ3n) is 4.99. The van der Waals surface area contributed by atoms with E-state index in [-0.39, 0.29) is 11.5 Å². The Balaban J connectivity index is 1.91. The molecule has 0 N–H and O–H groups in total. The van der Waals surface area contributed by atoms with Crippen LogP contribution in [0.1, 0.15) is 56.3 Å². The molecule has 1 aliphatic heterocycles. The maximum Gasteiger partial charge on any atom is 0.243 e. The molecular formula is C21H27NO2S. The molecule has 1 saturated heterocycles. The van der Waals surface area contributed by atoms with Gasteiger partial charge in [-0.1, -0.05) is 62.7 Å². The third-order valence-corrected chi connectivity index (χ3v) is 6.92. The Labute approximate surface area is 151 Å². The normalized spacial score (nSPS) is 19.3. The number of hydrogen-bond acceptors (Lipinski definition) is 2. The van der Waals surface area contributed by atoms with E-state index in [1.807, 2.05) is 19.1 Å². The fourth-order valence-corrected chi connectivity index (χ4v) is 5.09. The van der Waals surface area contributed by atoms with Crippen molar-refractivity contribution in [2.24, 2.45) is 0 Å². The lowest BCUT2D eigenvalue weighted by atomic mass is 9.86. The van der Waals surface area contributed by atoms with Gasteiger partial charge in [-0.15, -0.1) is 0 Å². The number of sulfonamides is 1. The molecule has 2 aromatic rings. The SMILES string of the molecule is Cc1ccc(S(=O)(=O)N2CCCC2c2ccc(C(C)(C)C)cc2)cc1. The van der Waals surface area contributed by atoms with Crippen LogP contribution in [0.3, 0.4) is 0 Å². The smallest absolute Gasteiger partial charge is 0.207 e. The van der Waals surface area contributed by atoms with Crippen LogP contribution in [0.5, 0.6) is 0 Å². The second-order valence-corrected chi connectivity index (χ2v) is 9.85. The van der Waals surface area contributed by atoms with E-state index in [1.54, 1.807) is 16.4 Å². The number of rotatable bonds is 3. The highest BCUT2D eigenvalue weighted by molar-refractivity contribution is 7.89. The minimum atomic E-state index is -3.46. The zero-order valence-corrected chi connectivity index (χ0v) is 16.3. The summed E-state index contributed by atoms with van der Waals surface area (Å²) < 4.78 is 27.8. The fraction of sp³-hybridized carbons (Fsp3) is 0.429. The lowest BCUT2D eigenvalue weighted by molar-refractivity contribution is 0.396. The van der Waals surface area contributed by atoms with Crippen molar-refractivity contribution in [1.29, 1.82) is 0 Å². The molecule has 3 nitrogen and oxygen atoms in total. The van der Waals surface area contributed by atoms with Gasteiger partial charge in [0.05, 0.1) is 10.9 Å². The molecule has 0 radical (unpaired) electrons. The second-order valence-electron chi connectivity index (χ2n) is 7.96. The first kappa shape index (κ1) is 18.2. The summed E-state index contributed by atoms with van der Waals surface area (Å²) >= 11 is 0. The maximum absolute atomic E-state index is 13.1. The molecule has 0 bridgehead atoms. The highest BCUT2D eigenvalue weighted by atomic mass is 32.2. The standard InChI is InChI=1S/C21H27NO2S/c1-16-7-13-19(14-8-16)25(23,24)22-15-5-6-20(22)17-9-11-18(12-10-17)21(2,3)4/h7-14,20H,5-6,15H2,1-4H3. The van der Waals surface area contributed by atoms with E-state index in [2.05, 4.69) is 45.0 Å². The zero-order chi connectivity index (χ0) is 18.2. The van der Waals surface area contributed by atoms with Gasteiger partial charge in [0.25, 0.3) is 0 Å². The van der Waals surface area contributed by atoms with Gasteiger partial charge in [0.2, 0.25) is 10.0 Å².